The summed E-state index contributed by atoms with van der Waals surface area (Å²) < 4.78 is 19.7. The summed E-state index contributed by atoms with van der Waals surface area (Å²) in [6.45, 7) is 8.83. The van der Waals surface area contributed by atoms with E-state index in [1.165, 1.54) is 18.4 Å². The van der Waals surface area contributed by atoms with Crippen LogP contribution < -0.4 is 4.74 Å². The third-order valence-electron chi connectivity index (χ3n) is 4.96. The lowest BCUT2D eigenvalue weighted by molar-refractivity contribution is 0.398. The zero-order chi connectivity index (χ0) is 17.5. The van der Waals surface area contributed by atoms with Gasteiger partial charge in [0.05, 0.1) is 7.11 Å². The molecule has 1 aliphatic carbocycles. The molecule has 0 amide bonds. The first-order valence-corrected chi connectivity index (χ1v) is 8.65. The Bertz CT molecular complexity index is 744. The Morgan fingerprint density at radius 2 is 1.92 bits per heavy atom. The second-order valence-electron chi connectivity index (χ2n) is 7.88. The zero-order valence-corrected chi connectivity index (χ0v) is 15.2. The number of pyridine rings is 1. The maximum Gasteiger partial charge on any atom is 0.213 e. The molecule has 128 valence electrons. The summed E-state index contributed by atoms with van der Waals surface area (Å²) in [6.07, 6.45) is 4.22. The van der Waals surface area contributed by atoms with Gasteiger partial charge in [0.1, 0.15) is 5.82 Å². The van der Waals surface area contributed by atoms with E-state index >= 15 is 0 Å². The lowest BCUT2D eigenvalue weighted by Gasteiger charge is -2.29. The van der Waals surface area contributed by atoms with E-state index in [0.29, 0.717) is 17.7 Å². The van der Waals surface area contributed by atoms with Gasteiger partial charge in [0.2, 0.25) is 5.88 Å². The summed E-state index contributed by atoms with van der Waals surface area (Å²) in [5.41, 5.74) is 4.21. The molecule has 1 atom stereocenters. The largest absolute Gasteiger partial charge is 0.481 e. The molecule has 0 aliphatic heterocycles. The van der Waals surface area contributed by atoms with Crippen molar-refractivity contribution in [2.45, 2.75) is 51.9 Å². The molecule has 0 N–H and O–H groups in total. The maximum absolute atomic E-state index is 14.5. The molecule has 2 aromatic rings. The van der Waals surface area contributed by atoms with E-state index in [4.69, 9.17) is 4.74 Å². The SMILES string of the molecule is COc1cc(-c2cc(F)cc(C(C)C3CC3)c2C(C)(C)C)ccn1. The number of aromatic nitrogens is 1. The van der Waals surface area contributed by atoms with Gasteiger partial charge in [-0.15, -0.1) is 0 Å². The minimum Gasteiger partial charge on any atom is -0.481 e. The minimum atomic E-state index is -0.170. The van der Waals surface area contributed by atoms with Crippen molar-refractivity contribution in [3.05, 3.63) is 47.4 Å². The highest BCUT2D eigenvalue weighted by molar-refractivity contribution is 5.71. The number of halogens is 1. The molecule has 1 fully saturated rings. The third kappa shape index (κ3) is 3.31. The van der Waals surface area contributed by atoms with E-state index in [1.807, 2.05) is 12.1 Å². The van der Waals surface area contributed by atoms with Gasteiger partial charge in [-0.2, -0.15) is 0 Å². The molecule has 1 heterocycles. The van der Waals surface area contributed by atoms with Gasteiger partial charge in [0, 0.05) is 12.3 Å². The first-order valence-electron chi connectivity index (χ1n) is 8.65. The molecule has 0 radical (unpaired) electrons. The fourth-order valence-electron chi connectivity index (χ4n) is 3.59. The van der Waals surface area contributed by atoms with Gasteiger partial charge >= 0.3 is 0 Å². The van der Waals surface area contributed by atoms with Crippen LogP contribution in [0, 0.1) is 11.7 Å². The quantitative estimate of drug-likeness (QED) is 0.718. The summed E-state index contributed by atoms with van der Waals surface area (Å²) in [6, 6.07) is 7.21. The van der Waals surface area contributed by atoms with Crippen LogP contribution in [0.3, 0.4) is 0 Å². The molecule has 0 saturated heterocycles. The highest BCUT2D eigenvalue weighted by Crippen LogP contribution is 2.47. The zero-order valence-electron chi connectivity index (χ0n) is 15.2. The number of hydrogen-bond donors (Lipinski definition) is 0. The van der Waals surface area contributed by atoms with Crippen molar-refractivity contribution in [1.29, 1.82) is 0 Å². The summed E-state index contributed by atoms with van der Waals surface area (Å²) in [5.74, 6) is 1.45. The van der Waals surface area contributed by atoms with E-state index in [0.717, 1.165) is 16.7 Å². The van der Waals surface area contributed by atoms with Crippen LogP contribution in [-0.2, 0) is 5.41 Å². The third-order valence-corrected chi connectivity index (χ3v) is 4.96. The van der Waals surface area contributed by atoms with Crippen molar-refractivity contribution < 1.29 is 9.13 Å². The van der Waals surface area contributed by atoms with Crippen LogP contribution in [0.15, 0.2) is 30.5 Å². The Balaban J connectivity index is 2.23. The van der Waals surface area contributed by atoms with Gasteiger partial charge in [-0.25, -0.2) is 9.37 Å². The van der Waals surface area contributed by atoms with Crippen molar-refractivity contribution in [2.75, 3.05) is 7.11 Å². The monoisotopic (exact) mass is 327 g/mol. The van der Waals surface area contributed by atoms with Crippen LogP contribution in [-0.4, -0.2) is 12.1 Å². The minimum absolute atomic E-state index is 0.0714. The van der Waals surface area contributed by atoms with Gasteiger partial charge in [0.15, 0.2) is 0 Å². The molecule has 24 heavy (non-hydrogen) atoms. The Morgan fingerprint density at radius 1 is 1.21 bits per heavy atom. The van der Waals surface area contributed by atoms with Crippen LogP contribution >= 0.6 is 0 Å². The predicted molar refractivity (Wildman–Crippen MR) is 96.0 cm³/mol. The average molecular weight is 327 g/mol. The summed E-state index contributed by atoms with van der Waals surface area (Å²) in [7, 11) is 1.60. The van der Waals surface area contributed by atoms with E-state index in [-0.39, 0.29) is 11.2 Å². The first-order chi connectivity index (χ1) is 11.3. The van der Waals surface area contributed by atoms with Crippen molar-refractivity contribution >= 4 is 0 Å². The molecule has 1 aliphatic rings. The molecule has 1 saturated carbocycles. The average Bonchev–Trinajstić information content (AvgIpc) is 3.37. The molecule has 2 nitrogen and oxygen atoms in total. The van der Waals surface area contributed by atoms with Gasteiger partial charge < -0.3 is 4.74 Å². The van der Waals surface area contributed by atoms with E-state index in [2.05, 4.69) is 32.7 Å². The number of hydrogen-bond acceptors (Lipinski definition) is 2. The highest BCUT2D eigenvalue weighted by atomic mass is 19.1. The Hall–Kier alpha value is -1.90. The number of methoxy groups -OCH3 is 1. The standard InChI is InChI=1S/C21H26FNO/c1-13(14-6-7-14)17-11-16(22)12-18(20(17)21(2,3)4)15-8-9-23-19(10-15)24-5/h8-14H,6-7H2,1-5H3. The second-order valence-corrected chi connectivity index (χ2v) is 7.88. The van der Waals surface area contributed by atoms with Gasteiger partial charge in [-0.1, -0.05) is 27.7 Å². The Morgan fingerprint density at radius 3 is 2.50 bits per heavy atom. The number of benzene rings is 1. The van der Waals surface area contributed by atoms with Gasteiger partial charge in [-0.05, 0) is 70.5 Å². The molecule has 1 aromatic carbocycles. The smallest absolute Gasteiger partial charge is 0.213 e. The summed E-state index contributed by atoms with van der Waals surface area (Å²) >= 11 is 0. The van der Waals surface area contributed by atoms with Crippen molar-refractivity contribution in [3.8, 4) is 17.0 Å². The molecular weight excluding hydrogens is 301 g/mol. The summed E-state index contributed by atoms with van der Waals surface area (Å²) in [5, 5.41) is 0. The van der Waals surface area contributed by atoms with Crippen molar-refractivity contribution in [2.24, 2.45) is 5.92 Å². The van der Waals surface area contributed by atoms with Crippen LogP contribution in [0.1, 0.15) is 57.6 Å². The molecule has 1 unspecified atom stereocenters. The van der Waals surface area contributed by atoms with Crippen LogP contribution in [0.25, 0.3) is 11.1 Å². The van der Waals surface area contributed by atoms with E-state index in [1.54, 1.807) is 25.4 Å². The highest BCUT2D eigenvalue weighted by Gasteiger charge is 2.34. The Kier molecular flexibility index (Phi) is 4.37. The lowest BCUT2D eigenvalue weighted by atomic mass is 9.75. The number of nitrogens with zero attached hydrogens (tertiary/aromatic N) is 1. The number of ether oxygens (including phenoxy) is 1. The van der Waals surface area contributed by atoms with Crippen molar-refractivity contribution in [3.63, 3.8) is 0 Å². The Labute approximate surface area is 144 Å². The number of rotatable bonds is 4. The maximum atomic E-state index is 14.5. The van der Waals surface area contributed by atoms with Crippen molar-refractivity contribution in [1.82, 2.24) is 4.98 Å². The lowest BCUT2D eigenvalue weighted by Crippen LogP contribution is -2.18. The molecule has 0 spiro atoms. The fourth-order valence-corrected chi connectivity index (χ4v) is 3.59. The van der Waals surface area contributed by atoms with Gasteiger partial charge in [0.25, 0.3) is 0 Å². The topological polar surface area (TPSA) is 22.1 Å². The molecular formula is C21H26FNO. The van der Waals surface area contributed by atoms with E-state index < -0.39 is 0 Å². The van der Waals surface area contributed by atoms with E-state index in [9.17, 15) is 4.39 Å². The van der Waals surface area contributed by atoms with Crippen LogP contribution in [0.5, 0.6) is 5.88 Å². The molecule has 1 aromatic heterocycles. The fraction of sp³-hybridized carbons (Fsp3) is 0.476. The van der Waals surface area contributed by atoms with Crippen LogP contribution in [0.2, 0.25) is 0 Å². The first kappa shape index (κ1) is 16.9. The molecule has 3 rings (SSSR count). The van der Waals surface area contributed by atoms with Crippen LogP contribution in [0.4, 0.5) is 4.39 Å². The molecule has 3 heteroatoms. The normalized spacial score (nSPS) is 16.1. The second kappa shape index (κ2) is 6.19. The summed E-state index contributed by atoms with van der Waals surface area (Å²) in [4.78, 5) is 4.18. The predicted octanol–water partition coefficient (Wildman–Crippen LogP) is 5.71. The van der Waals surface area contributed by atoms with Gasteiger partial charge in [-0.3, -0.25) is 0 Å². The molecule has 0 bridgehead atoms.